The van der Waals surface area contributed by atoms with Crippen LogP contribution in [0.1, 0.15) is 33.6 Å². The maximum Gasteiger partial charge on any atom is 0.410 e. The van der Waals surface area contributed by atoms with Crippen LogP contribution in [0.4, 0.5) is 4.79 Å². The second kappa shape index (κ2) is 6.95. The van der Waals surface area contributed by atoms with Crippen LogP contribution in [0, 0.1) is 6.61 Å². The Morgan fingerprint density at radius 2 is 1.83 bits per heavy atom. The van der Waals surface area contributed by atoms with E-state index in [4.69, 9.17) is 4.74 Å². The van der Waals surface area contributed by atoms with Crippen LogP contribution in [0.15, 0.2) is 0 Å². The molecule has 71 valence electrons. The Balaban J connectivity index is 3.81. The predicted molar refractivity (Wildman–Crippen MR) is 48.6 cm³/mol. The fourth-order valence-electron chi connectivity index (χ4n) is 1.01. The van der Waals surface area contributed by atoms with E-state index in [-0.39, 0.29) is 6.09 Å². The van der Waals surface area contributed by atoms with Crippen LogP contribution in [0.5, 0.6) is 0 Å². The third-order valence-electron chi connectivity index (χ3n) is 1.46. The van der Waals surface area contributed by atoms with E-state index in [9.17, 15) is 4.79 Å². The van der Waals surface area contributed by atoms with Crippen LogP contribution >= 0.6 is 0 Å². The van der Waals surface area contributed by atoms with Crippen LogP contribution in [-0.2, 0) is 4.74 Å². The zero-order valence-electron chi connectivity index (χ0n) is 8.17. The highest BCUT2D eigenvalue weighted by Crippen LogP contribution is 1.98. The summed E-state index contributed by atoms with van der Waals surface area (Å²) in [4.78, 5) is 12.9. The van der Waals surface area contributed by atoms with Gasteiger partial charge in [-0.05, 0) is 19.8 Å². The highest BCUT2D eigenvalue weighted by Gasteiger charge is 2.11. The van der Waals surface area contributed by atoms with Crippen molar-refractivity contribution < 1.29 is 9.53 Å². The normalized spacial score (nSPS) is 9.58. The Kier molecular flexibility index (Phi) is 6.53. The summed E-state index contributed by atoms with van der Waals surface area (Å²) in [6.07, 6.45) is 1.71. The number of nitrogens with zero attached hydrogens (tertiary/aromatic N) is 1. The molecule has 0 bridgehead atoms. The van der Waals surface area contributed by atoms with Gasteiger partial charge < -0.3 is 9.64 Å². The van der Waals surface area contributed by atoms with Gasteiger partial charge in [0.2, 0.25) is 0 Å². The molecule has 0 aromatic rings. The fourth-order valence-corrected chi connectivity index (χ4v) is 1.01. The smallest absolute Gasteiger partial charge is 0.410 e. The van der Waals surface area contributed by atoms with Gasteiger partial charge in [-0.3, -0.25) is 0 Å². The van der Waals surface area contributed by atoms with Gasteiger partial charge in [0.05, 0.1) is 0 Å². The second-order valence-corrected chi connectivity index (χ2v) is 2.61. The molecular formula is C9H18NO2. The minimum Gasteiger partial charge on any atom is -0.442 e. The van der Waals surface area contributed by atoms with Gasteiger partial charge in [-0.1, -0.05) is 13.8 Å². The largest absolute Gasteiger partial charge is 0.442 e. The molecule has 0 aromatic carbocycles. The first-order valence-corrected chi connectivity index (χ1v) is 4.49. The number of ether oxygens (including phenoxy) is 1. The summed E-state index contributed by atoms with van der Waals surface area (Å²) in [5.41, 5.74) is 0. The van der Waals surface area contributed by atoms with Crippen LogP contribution in [0.3, 0.4) is 0 Å². The maximum absolute atomic E-state index is 11.2. The summed E-state index contributed by atoms with van der Waals surface area (Å²) < 4.78 is 4.77. The molecule has 0 aliphatic rings. The van der Waals surface area contributed by atoms with E-state index < -0.39 is 0 Å². The van der Waals surface area contributed by atoms with E-state index in [0.717, 1.165) is 25.9 Å². The molecule has 0 fully saturated rings. The van der Waals surface area contributed by atoms with Crippen molar-refractivity contribution in [3.8, 4) is 0 Å². The third kappa shape index (κ3) is 4.21. The number of amides is 1. The molecule has 12 heavy (non-hydrogen) atoms. The quantitative estimate of drug-likeness (QED) is 0.637. The molecule has 3 heteroatoms. The average Bonchev–Trinajstić information content (AvgIpc) is 2.04. The fraction of sp³-hybridized carbons (Fsp3) is 0.778. The lowest BCUT2D eigenvalue weighted by Gasteiger charge is -2.19. The number of hydrogen-bond donors (Lipinski definition) is 0. The van der Waals surface area contributed by atoms with Gasteiger partial charge in [0, 0.05) is 13.1 Å². The first kappa shape index (κ1) is 11.3. The van der Waals surface area contributed by atoms with Gasteiger partial charge >= 0.3 is 6.09 Å². The second-order valence-electron chi connectivity index (χ2n) is 2.61. The molecule has 0 saturated carbocycles. The molecule has 0 N–H and O–H groups in total. The van der Waals surface area contributed by atoms with Crippen molar-refractivity contribution in [1.29, 1.82) is 0 Å². The molecule has 0 aliphatic heterocycles. The van der Waals surface area contributed by atoms with E-state index in [1.54, 1.807) is 11.8 Å². The number of carbonyl (C=O) groups is 1. The highest BCUT2D eigenvalue weighted by atomic mass is 16.6. The Bertz CT molecular complexity index is 120. The minimum atomic E-state index is -0.235. The Labute approximate surface area is 74.7 Å². The number of carbonyl (C=O) groups excluding carboxylic acids is 1. The van der Waals surface area contributed by atoms with E-state index in [1.807, 2.05) is 13.8 Å². The zero-order chi connectivity index (χ0) is 9.40. The molecule has 0 rings (SSSR count). The molecular weight excluding hydrogens is 154 g/mol. The maximum atomic E-state index is 11.2. The minimum absolute atomic E-state index is 0.235. The highest BCUT2D eigenvalue weighted by molar-refractivity contribution is 5.67. The molecule has 1 amide bonds. The van der Waals surface area contributed by atoms with E-state index in [0.29, 0.717) is 0 Å². The van der Waals surface area contributed by atoms with Crippen LogP contribution < -0.4 is 0 Å². The Morgan fingerprint density at radius 1 is 1.33 bits per heavy atom. The van der Waals surface area contributed by atoms with Crippen molar-refractivity contribution in [3.63, 3.8) is 0 Å². The van der Waals surface area contributed by atoms with Crippen molar-refractivity contribution in [2.75, 3.05) is 13.1 Å². The van der Waals surface area contributed by atoms with Crippen molar-refractivity contribution in [1.82, 2.24) is 4.90 Å². The molecule has 0 saturated heterocycles. The molecule has 0 aromatic heterocycles. The van der Waals surface area contributed by atoms with Crippen molar-refractivity contribution in [3.05, 3.63) is 6.61 Å². The van der Waals surface area contributed by atoms with Crippen molar-refractivity contribution >= 4 is 6.09 Å². The van der Waals surface area contributed by atoms with Crippen LogP contribution in [0.25, 0.3) is 0 Å². The lowest BCUT2D eigenvalue weighted by molar-refractivity contribution is 0.125. The van der Waals surface area contributed by atoms with E-state index >= 15 is 0 Å². The molecule has 1 radical (unpaired) electrons. The lowest BCUT2D eigenvalue weighted by atomic mass is 10.4. The zero-order valence-corrected chi connectivity index (χ0v) is 8.17. The molecule has 0 heterocycles. The molecule has 0 unspecified atom stereocenters. The average molecular weight is 172 g/mol. The summed E-state index contributed by atoms with van der Waals surface area (Å²) in [6, 6.07) is 0. The first-order valence-electron chi connectivity index (χ1n) is 4.49. The SMILES string of the molecule is C[CH]OC(=O)N(CCC)CCC. The number of rotatable bonds is 5. The monoisotopic (exact) mass is 172 g/mol. The van der Waals surface area contributed by atoms with Gasteiger partial charge in [0.15, 0.2) is 0 Å². The summed E-state index contributed by atoms with van der Waals surface area (Å²) in [5, 5.41) is 0. The third-order valence-corrected chi connectivity index (χ3v) is 1.46. The standard InChI is InChI=1S/C9H18NO2/c1-4-7-10(8-5-2)9(11)12-6-3/h6H,4-5,7-8H2,1-3H3. The molecule has 0 spiro atoms. The van der Waals surface area contributed by atoms with Gasteiger partial charge in [-0.25, -0.2) is 4.79 Å². The van der Waals surface area contributed by atoms with Crippen molar-refractivity contribution in [2.45, 2.75) is 33.6 Å². The first-order chi connectivity index (χ1) is 5.76. The topological polar surface area (TPSA) is 29.5 Å². The summed E-state index contributed by atoms with van der Waals surface area (Å²) in [7, 11) is 0. The predicted octanol–water partition coefficient (Wildman–Crippen LogP) is 2.43. The van der Waals surface area contributed by atoms with Gasteiger partial charge in [0.25, 0.3) is 0 Å². The molecule has 0 aliphatic carbocycles. The number of hydrogen-bond acceptors (Lipinski definition) is 2. The van der Waals surface area contributed by atoms with Crippen LogP contribution in [0.2, 0.25) is 0 Å². The van der Waals surface area contributed by atoms with Gasteiger partial charge in [0.1, 0.15) is 6.61 Å². The van der Waals surface area contributed by atoms with Gasteiger partial charge in [-0.2, -0.15) is 0 Å². The molecule has 0 atom stereocenters. The van der Waals surface area contributed by atoms with E-state index in [1.165, 1.54) is 6.61 Å². The van der Waals surface area contributed by atoms with E-state index in [2.05, 4.69) is 0 Å². The summed E-state index contributed by atoms with van der Waals surface area (Å²) >= 11 is 0. The summed E-state index contributed by atoms with van der Waals surface area (Å²) in [6.45, 7) is 8.77. The Hall–Kier alpha value is -0.730. The Morgan fingerprint density at radius 3 is 2.17 bits per heavy atom. The van der Waals surface area contributed by atoms with Crippen LogP contribution in [-0.4, -0.2) is 24.1 Å². The van der Waals surface area contributed by atoms with Gasteiger partial charge in [-0.15, -0.1) is 0 Å². The van der Waals surface area contributed by atoms with Crippen molar-refractivity contribution in [2.24, 2.45) is 0 Å². The molecule has 3 nitrogen and oxygen atoms in total. The lowest BCUT2D eigenvalue weighted by Crippen LogP contribution is -2.32. The summed E-state index contributed by atoms with van der Waals surface area (Å²) in [5.74, 6) is 0.